The molecule has 0 heterocycles. The van der Waals surface area contributed by atoms with Crippen LogP contribution in [0.4, 0.5) is 0 Å². The number of rotatable bonds is 8. The molecule has 0 amide bonds. The Labute approximate surface area is 109 Å². The van der Waals surface area contributed by atoms with Crippen molar-refractivity contribution in [3.63, 3.8) is 0 Å². The third-order valence-electron chi connectivity index (χ3n) is 2.38. The van der Waals surface area contributed by atoms with Gasteiger partial charge in [-0.05, 0) is 37.1 Å². The van der Waals surface area contributed by atoms with Gasteiger partial charge < -0.3 is 10.1 Å². The first-order chi connectivity index (χ1) is 8.33. The van der Waals surface area contributed by atoms with Gasteiger partial charge in [-0.3, -0.25) is 0 Å². The summed E-state index contributed by atoms with van der Waals surface area (Å²) in [5.41, 5.74) is 1.25. The Morgan fingerprint density at radius 3 is 2.94 bits per heavy atom. The van der Waals surface area contributed by atoms with Crippen LogP contribution in [0.5, 0.6) is 0 Å². The quantitative estimate of drug-likeness (QED) is 0.568. The molecule has 0 fully saturated rings. The highest BCUT2D eigenvalue weighted by Gasteiger charge is 1.90. The summed E-state index contributed by atoms with van der Waals surface area (Å²) in [7, 11) is 1.71. The van der Waals surface area contributed by atoms with Crippen LogP contribution in [0.15, 0.2) is 36.4 Å². The van der Waals surface area contributed by atoms with Gasteiger partial charge in [0.05, 0.1) is 6.61 Å². The molecule has 0 aliphatic heterocycles. The minimum atomic E-state index is 0.770. The predicted molar refractivity (Wildman–Crippen MR) is 73.7 cm³/mol. The van der Waals surface area contributed by atoms with E-state index in [0.717, 1.165) is 37.6 Å². The van der Waals surface area contributed by atoms with Crippen LogP contribution in [0.3, 0.4) is 0 Å². The second-order valence-corrected chi connectivity index (χ2v) is 4.27. The Balaban J connectivity index is 2.10. The van der Waals surface area contributed by atoms with Gasteiger partial charge in [0.25, 0.3) is 0 Å². The average Bonchev–Trinajstić information content (AvgIpc) is 2.33. The first-order valence-corrected chi connectivity index (χ1v) is 6.30. The summed E-state index contributed by atoms with van der Waals surface area (Å²) in [6.07, 6.45) is 6.37. The molecule has 0 spiro atoms. The molecule has 2 nitrogen and oxygen atoms in total. The van der Waals surface area contributed by atoms with E-state index >= 15 is 0 Å². The van der Waals surface area contributed by atoms with Gasteiger partial charge >= 0.3 is 0 Å². The van der Waals surface area contributed by atoms with Crippen LogP contribution in [0.1, 0.15) is 12.0 Å². The van der Waals surface area contributed by atoms with E-state index in [1.807, 2.05) is 18.2 Å². The van der Waals surface area contributed by atoms with Gasteiger partial charge in [0.15, 0.2) is 0 Å². The summed E-state index contributed by atoms with van der Waals surface area (Å²) in [6, 6.07) is 7.97. The van der Waals surface area contributed by atoms with E-state index in [-0.39, 0.29) is 0 Å². The normalized spacial score (nSPS) is 11.2. The number of hydrogen-bond acceptors (Lipinski definition) is 2. The van der Waals surface area contributed by atoms with Crippen LogP contribution in [0.25, 0.3) is 0 Å². The Kier molecular flexibility index (Phi) is 7.72. The molecule has 0 unspecified atom stereocenters. The van der Waals surface area contributed by atoms with Crippen LogP contribution in [-0.4, -0.2) is 26.8 Å². The number of allylic oxidation sites excluding steroid dienone is 1. The number of halogens is 1. The van der Waals surface area contributed by atoms with Gasteiger partial charge in [0.1, 0.15) is 0 Å². The fourth-order valence-electron chi connectivity index (χ4n) is 1.49. The smallest absolute Gasteiger partial charge is 0.0587 e. The summed E-state index contributed by atoms with van der Waals surface area (Å²) >= 11 is 5.91. The Bertz CT molecular complexity index is 339. The molecule has 0 radical (unpaired) electrons. The summed E-state index contributed by atoms with van der Waals surface area (Å²) in [5.74, 6) is 0. The molecule has 17 heavy (non-hydrogen) atoms. The van der Waals surface area contributed by atoms with Crippen molar-refractivity contribution in [3.8, 4) is 0 Å². The van der Waals surface area contributed by atoms with Crippen LogP contribution >= 0.6 is 11.6 Å². The standard InChI is InChI=1S/C14H20ClNO/c1-17-11-10-16-9-4-2-3-6-13-7-5-8-14(15)12-13/h2-3,5,7-8,12,16H,4,6,9-11H2,1H3. The molecule has 0 bridgehead atoms. The van der Waals surface area contributed by atoms with Crippen molar-refractivity contribution in [1.82, 2.24) is 5.32 Å². The topological polar surface area (TPSA) is 21.3 Å². The van der Waals surface area contributed by atoms with E-state index < -0.39 is 0 Å². The maximum Gasteiger partial charge on any atom is 0.0587 e. The van der Waals surface area contributed by atoms with Gasteiger partial charge in [0, 0.05) is 18.7 Å². The third kappa shape index (κ3) is 7.16. The van der Waals surface area contributed by atoms with Crippen molar-refractivity contribution in [2.45, 2.75) is 12.8 Å². The van der Waals surface area contributed by atoms with Gasteiger partial charge in [-0.2, -0.15) is 0 Å². The minimum Gasteiger partial charge on any atom is -0.383 e. The summed E-state index contributed by atoms with van der Waals surface area (Å²) in [5, 5.41) is 4.10. The zero-order valence-corrected chi connectivity index (χ0v) is 11.0. The van der Waals surface area contributed by atoms with Crippen molar-refractivity contribution in [3.05, 3.63) is 47.0 Å². The molecule has 1 rings (SSSR count). The van der Waals surface area contributed by atoms with E-state index in [1.165, 1.54) is 5.56 Å². The molecular weight excluding hydrogens is 234 g/mol. The molecule has 0 aliphatic carbocycles. The largest absolute Gasteiger partial charge is 0.383 e. The maximum absolute atomic E-state index is 5.91. The summed E-state index contributed by atoms with van der Waals surface area (Å²) < 4.78 is 4.95. The fourth-order valence-corrected chi connectivity index (χ4v) is 1.70. The lowest BCUT2D eigenvalue weighted by Gasteiger charge is -2.00. The van der Waals surface area contributed by atoms with Gasteiger partial charge in [-0.25, -0.2) is 0 Å². The lowest BCUT2D eigenvalue weighted by Crippen LogP contribution is -2.19. The number of nitrogens with one attached hydrogen (secondary N) is 1. The van der Waals surface area contributed by atoms with E-state index in [9.17, 15) is 0 Å². The highest BCUT2D eigenvalue weighted by molar-refractivity contribution is 6.30. The second kappa shape index (κ2) is 9.23. The highest BCUT2D eigenvalue weighted by Crippen LogP contribution is 2.11. The molecule has 0 aromatic heterocycles. The molecule has 0 saturated carbocycles. The van der Waals surface area contributed by atoms with Gasteiger partial charge in [0.2, 0.25) is 0 Å². The first-order valence-electron chi connectivity index (χ1n) is 5.92. The zero-order chi connectivity index (χ0) is 12.3. The number of ether oxygens (including phenoxy) is 1. The highest BCUT2D eigenvalue weighted by atomic mass is 35.5. The van der Waals surface area contributed by atoms with Crippen molar-refractivity contribution in [2.24, 2.45) is 0 Å². The molecule has 1 N–H and O–H groups in total. The van der Waals surface area contributed by atoms with E-state index in [1.54, 1.807) is 7.11 Å². The molecule has 1 aromatic carbocycles. The molecule has 0 aliphatic rings. The molecule has 3 heteroatoms. The zero-order valence-electron chi connectivity index (χ0n) is 10.3. The molecule has 0 saturated heterocycles. The van der Waals surface area contributed by atoms with E-state index in [2.05, 4.69) is 23.5 Å². The number of hydrogen-bond donors (Lipinski definition) is 1. The Morgan fingerprint density at radius 1 is 1.29 bits per heavy atom. The first kappa shape index (κ1) is 14.2. The van der Waals surface area contributed by atoms with Crippen LogP contribution in [-0.2, 0) is 11.2 Å². The van der Waals surface area contributed by atoms with Crippen molar-refractivity contribution >= 4 is 11.6 Å². The molecule has 0 atom stereocenters. The number of methoxy groups -OCH3 is 1. The lowest BCUT2D eigenvalue weighted by molar-refractivity contribution is 0.199. The molecular formula is C14H20ClNO. The third-order valence-corrected chi connectivity index (χ3v) is 2.62. The Morgan fingerprint density at radius 2 is 2.18 bits per heavy atom. The van der Waals surface area contributed by atoms with Crippen molar-refractivity contribution in [2.75, 3.05) is 26.8 Å². The lowest BCUT2D eigenvalue weighted by atomic mass is 10.1. The maximum atomic E-state index is 5.91. The van der Waals surface area contributed by atoms with Gasteiger partial charge in [-0.15, -0.1) is 0 Å². The second-order valence-electron chi connectivity index (χ2n) is 3.84. The van der Waals surface area contributed by atoms with Gasteiger partial charge in [-0.1, -0.05) is 35.9 Å². The Hall–Kier alpha value is -0.830. The van der Waals surface area contributed by atoms with Crippen LogP contribution in [0.2, 0.25) is 5.02 Å². The number of benzene rings is 1. The summed E-state index contributed by atoms with van der Waals surface area (Å²) in [4.78, 5) is 0. The summed E-state index contributed by atoms with van der Waals surface area (Å²) in [6.45, 7) is 2.68. The van der Waals surface area contributed by atoms with E-state index in [4.69, 9.17) is 16.3 Å². The molecule has 1 aromatic rings. The van der Waals surface area contributed by atoms with E-state index in [0.29, 0.717) is 0 Å². The fraction of sp³-hybridized carbons (Fsp3) is 0.429. The van der Waals surface area contributed by atoms with Crippen molar-refractivity contribution < 1.29 is 4.74 Å². The van der Waals surface area contributed by atoms with Crippen LogP contribution < -0.4 is 5.32 Å². The predicted octanol–water partition coefficient (Wildman–Crippen LogP) is 3.06. The monoisotopic (exact) mass is 253 g/mol. The minimum absolute atomic E-state index is 0.770. The van der Waals surface area contributed by atoms with Crippen LogP contribution in [0, 0.1) is 0 Å². The molecule has 94 valence electrons. The van der Waals surface area contributed by atoms with Crippen molar-refractivity contribution in [1.29, 1.82) is 0 Å². The average molecular weight is 254 g/mol. The SMILES string of the molecule is COCCNCCC=CCc1cccc(Cl)c1.